The first kappa shape index (κ1) is 19.3. The van der Waals surface area contributed by atoms with Crippen LogP contribution < -0.4 is 10.2 Å². The molecule has 27 heavy (non-hydrogen) atoms. The van der Waals surface area contributed by atoms with Crippen LogP contribution in [0.1, 0.15) is 5.76 Å². The molecule has 8 heteroatoms. The Labute approximate surface area is 170 Å². The van der Waals surface area contributed by atoms with Crippen molar-refractivity contribution < 1.29 is 13.9 Å². The van der Waals surface area contributed by atoms with E-state index >= 15 is 0 Å². The van der Waals surface area contributed by atoms with E-state index in [1.807, 2.05) is 0 Å². The predicted octanol–water partition coefficient (Wildman–Crippen LogP) is 5.44. The standard InChI is InChI=1S/C19H13Cl3N2O3/c20-12-3-1-4-13(9-12)26-11-18(25)24-23-10-14-7-8-17(27-14)15-5-2-6-16(21)19(15)22/h1-10H,11H2,(H,24,25). The van der Waals surface area contributed by atoms with Gasteiger partial charge in [-0.15, -0.1) is 0 Å². The topological polar surface area (TPSA) is 63.8 Å². The van der Waals surface area contributed by atoms with Crippen molar-refractivity contribution in [1.82, 2.24) is 5.43 Å². The van der Waals surface area contributed by atoms with Crippen LogP contribution in [0.25, 0.3) is 11.3 Å². The van der Waals surface area contributed by atoms with Crippen molar-refractivity contribution in [2.24, 2.45) is 5.10 Å². The molecular formula is C19H13Cl3N2O3. The molecule has 0 radical (unpaired) electrons. The normalized spacial score (nSPS) is 10.9. The van der Waals surface area contributed by atoms with E-state index in [-0.39, 0.29) is 6.61 Å². The summed E-state index contributed by atoms with van der Waals surface area (Å²) in [5, 5.41) is 5.21. The lowest BCUT2D eigenvalue weighted by atomic mass is 10.2. The Morgan fingerprint density at radius 3 is 2.74 bits per heavy atom. The van der Waals surface area contributed by atoms with E-state index in [0.29, 0.717) is 37.9 Å². The summed E-state index contributed by atoms with van der Waals surface area (Å²) >= 11 is 18.0. The van der Waals surface area contributed by atoms with Gasteiger partial charge in [-0.3, -0.25) is 4.79 Å². The Bertz CT molecular complexity index is 986. The average molecular weight is 424 g/mol. The number of benzene rings is 2. The lowest BCUT2D eigenvalue weighted by molar-refractivity contribution is -0.123. The van der Waals surface area contributed by atoms with Crippen molar-refractivity contribution in [3.63, 3.8) is 0 Å². The number of carbonyl (C=O) groups is 1. The number of furan rings is 1. The van der Waals surface area contributed by atoms with Crippen molar-refractivity contribution in [3.05, 3.63) is 75.4 Å². The second kappa shape index (κ2) is 8.95. The highest BCUT2D eigenvalue weighted by Crippen LogP contribution is 2.34. The summed E-state index contributed by atoms with van der Waals surface area (Å²) < 4.78 is 11.0. The average Bonchev–Trinajstić information content (AvgIpc) is 3.11. The molecule has 1 heterocycles. The monoisotopic (exact) mass is 422 g/mol. The molecule has 0 fully saturated rings. The molecule has 0 saturated carbocycles. The molecule has 0 unspecified atom stereocenters. The van der Waals surface area contributed by atoms with Gasteiger partial charge in [0, 0.05) is 10.6 Å². The zero-order chi connectivity index (χ0) is 19.2. The van der Waals surface area contributed by atoms with Gasteiger partial charge in [-0.05, 0) is 42.5 Å². The van der Waals surface area contributed by atoms with Gasteiger partial charge in [0.25, 0.3) is 5.91 Å². The van der Waals surface area contributed by atoms with Gasteiger partial charge in [0.2, 0.25) is 0 Å². The fraction of sp³-hybridized carbons (Fsp3) is 0.0526. The third kappa shape index (κ3) is 5.26. The maximum atomic E-state index is 11.8. The summed E-state index contributed by atoms with van der Waals surface area (Å²) in [5.74, 6) is 1.06. The van der Waals surface area contributed by atoms with Gasteiger partial charge < -0.3 is 9.15 Å². The van der Waals surface area contributed by atoms with Gasteiger partial charge in [-0.25, -0.2) is 5.43 Å². The number of hydrogen-bond acceptors (Lipinski definition) is 4. The second-order valence-corrected chi connectivity index (χ2v) is 6.56. The van der Waals surface area contributed by atoms with Crippen molar-refractivity contribution in [2.45, 2.75) is 0 Å². The molecule has 1 aromatic heterocycles. The minimum absolute atomic E-state index is 0.195. The molecule has 1 N–H and O–H groups in total. The van der Waals surface area contributed by atoms with Gasteiger partial charge in [-0.1, -0.05) is 46.9 Å². The van der Waals surface area contributed by atoms with Crippen LogP contribution in [0.5, 0.6) is 5.75 Å². The number of nitrogens with zero attached hydrogens (tertiary/aromatic N) is 1. The Kier molecular flexibility index (Phi) is 6.40. The van der Waals surface area contributed by atoms with Crippen molar-refractivity contribution >= 4 is 46.9 Å². The maximum absolute atomic E-state index is 11.8. The molecule has 0 spiro atoms. The number of ether oxygens (including phenoxy) is 1. The van der Waals surface area contributed by atoms with Crippen LogP contribution in [0.15, 0.2) is 64.1 Å². The van der Waals surface area contributed by atoms with E-state index < -0.39 is 5.91 Å². The molecule has 0 bridgehead atoms. The molecule has 2 aromatic carbocycles. The summed E-state index contributed by atoms with van der Waals surface area (Å²) in [4.78, 5) is 11.8. The molecule has 0 aliphatic carbocycles. The van der Waals surface area contributed by atoms with Crippen LogP contribution in [0, 0.1) is 0 Å². The first-order valence-electron chi connectivity index (χ1n) is 7.77. The highest BCUT2D eigenvalue weighted by Gasteiger charge is 2.10. The predicted molar refractivity (Wildman–Crippen MR) is 107 cm³/mol. The molecule has 0 atom stereocenters. The second-order valence-electron chi connectivity index (χ2n) is 5.34. The summed E-state index contributed by atoms with van der Waals surface area (Å²) in [6.45, 7) is -0.195. The van der Waals surface area contributed by atoms with Crippen molar-refractivity contribution in [2.75, 3.05) is 6.61 Å². The number of hydrazone groups is 1. The molecule has 1 amide bonds. The fourth-order valence-electron chi connectivity index (χ4n) is 2.17. The van der Waals surface area contributed by atoms with Crippen LogP contribution >= 0.6 is 34.8 Å². The summed E-state index contributed by atoms with van der Waals surface area (Å²) in [7, 11) is 0. The van der Waals surface area contributed by atoms with E-state index in [0.717, 1.165) is 0 Å². The highest BCUT2D eigenvalue weighted by molar-refractivity contribution is 6.43. The van der Waals surface area contributed by atoms with E-state index in [4.69, 9.17) is 44.0 Å². The van der Waals surface area contributed by atoms with E-state index in [9.17, 15) is 4.79 Å². The summed E-state index contributed by atoms with van der Waals surface area (Å²) in [5.41, 5.74) is 3.02. The Morgan fingerprint density at radius 1 is 1.11 bits per heavy atom. The van der Waals surface area contributed by atoms with Crippen molar-refractivity contribution in [1.29, 1.82) is 0 Å². The lowest BCUT2D eigenvalue weighted by Crippen LogP contribution is -2.24. The quantitative estimate of drug-likeness (QED) is 0.424. The zero-order valence-corrected chi connectivity index (χ0v) is 16.1. The van der Waals surface area contributed by atoms with Gasteiger partial charge in [0.1, 0.15) is 17.3 Å². The largest absolute Gasteiger partial charge is 0.484 e. The maximum Gasteiger partial charge on any atom is 0.277 e. The molecule has 3 rings (SSSR count). The number of carbonyl (C=O) groups excluding carboxylic acids is 1. The molecule has 3 aromatic rings. The number of hydrogen-bond donors (Lipinski definition) is 1. The third-order valence-corrected chi connectivity index (χ3v) is 4.44. The van der Waals surface area contributed by atoms with Crippen molar-refractivity contribution in [3.8, 4) is 17.1 Å². The van der Waals surface area contributed by atoms with Gasteiger partial charge in [-0.2, -0.15) is 5.10 Å². The Hall–Kier alpha value is -2.47. The third-order valence-electron chi connectivity index (χ3n) is 3.39. The van der Waals surface area contributed by atoms with Crippen LogP contribution in [0.4, 0.5) is 0 Å². The molecule has 138 valence electrons. The highest BCUT2D eigenvalue weighted by atomic mass is 35.5. The van der Waals surface area contributed by atoms with Gasteiger partial charge >= 0.3 is 0 Å². The molecule has 0 aliphatic rings. The molecule has 5 nitrogen and oxygen atoms in total. The van der Waals surface area contributed by atoms with Crippen LogP contribution in [0.2, 0.25) is 15.1 Å². The van der Waals surface area contributed by atoms with E-state index in [1.54, 1.807) is 54.6 Å². The van der Waals surface area contributed by atoms with E-state index in [2.05, 4.69) is 10.5 Å². The fourth-order valence-corrected chi connectivity index (χ4v) is 2.74. The van der Waals surface area contributed by atoms with Gasteiger partial charge in [0.15, 0.2) is 6.61 Å². The van der Waals surface area contributed by atoms with Crippen LogP contribution in [0.3, 0.4) is 0 Å². The zero-order valence-electron chi connectivity index (χ0n) is 13.8. The SMILES string of the molecule is O=C(COc1cccc(Cl)c1)NN=Cc1ccc(-c2cccc(Cl)c2Cl)o1. The van der Waals surface area contributed by atoms with Crippen LogP contribution in [-0.4, -0.2) is 18.7 Å². The first-order chi connectivity index (χ1) is 13.0. The molecular weight excluding hydrogens is 411 g/mol. The molecule has 0 aliphatic heterocycles. The van der Waals surface area contributed by atoms with Gasteiger partial charge in [0.05, 0.1) is 16.3 Å². The number of halogens is 3. The minimum Gasteiger partial charge on any atom is -0.484 e. The molecule has 0 saturated heterocycles. The Balaban J connectivity index is 1.55. The smallest absolute Gasteiger partial charge is 0.277 e. The van der Waals surface area contributed by atoms with E-state index in [1.165, 1.54) is 6.21 Å². The minimum atomic E-state index is -0.420. The van der Waals surface area contributed by atoms with Crippen LogP contribution in [-0.2, 0) is 4.79 Å². The first-order valence-corrected chi connectivity index (χ1v) is 8.91. The number of rotatable bonds is 6. The summed E-state index contributed by atoms with van der Waals surface area (Å²) in [6.07, 6.45) is 1.37. The lowest BCUT2D eigenvalue weighted by Gasteiger charge is -2.04. The summed E-state index contributed by atoms with van der Waals surface area (Å²) in [6, 6.07) is 15.5. The number of nitrogens with one attached hydrogen (secondary N) is 1. The Morgan fingerprint density at radius 2 is 1.93 bits per heavy atom. The number of amides is 1.